The van der Waals surface area contributed by atoms with Crippen molar-refractivity contribution in [3.8, 4) is 0 Å². The molecule has 2 aliphatic heterocycles. The van der Waals surface area contributed by atoms with Crippen molar-refractivity contribution in [2.24, 2.45) is 16.3 Å². The molecule has 2 unspecified atom stereocenters. The summed E-state index contributed by atoms with van der Waals surface area (Å²) in [4.78, 5) is 6.96. The number of hydrogen-bond donors (Lipinski definition) is 2. The lowest BCUT2D eigenvalue weighted by Gasteiger charge is -2.40. The van der Waals surface area contributed by atoms with Gasteiger partial charge >= 0.3 is 0 Å². The predicted octanol–water partition coefficient (Wildman–Crippen LogP) is 3.49. The summed E-state index contributed by atoms with van der Waals surface area (Å²) in [7, 11) is 1.86. The number of guanidine groups is 1. The second-order valence-electron chi connectivity index (χ2n) is 8.70. The third-order valence-electron chi connectivity index (χ3n) is 5.45. The van der Waals surface area contributed by atoms with Crippen molar-refractivity contribution in [1.82, 2.24) is 15.5 Å². The lowest BCUT2D eigenvalue weighted by atomic mass is 9.78. The number of rotatable bonds is 7. The van der Waals surface area contributed by atoms with E-state index in [4.69, 9.17) is 4.74 Å². The molecule has 0 aromatic heterocycles. The summed E-state index contributed by atoms with van der Waals surface area (Å²) in [6.07, 6.45) is 7.97. The molecule has 2 N–H and O–H groups in total. The van der Waals surface area contributed by atoms with Gasteiger partial charge in [-0.2, -0.15) is 0 Å². The fourth-order valence-electron chi connectivity index (χ4n) is 4.13. The summed E-state index contributed by atoms with van der Waals surface area (Å²) in [5.74, 6) is 1.49. The molecule has 2 rings (SSSR count). The molecular formula is C20H41IN4O. The number of unbranched alkanes of at least 4 members (excludes halogenated alkanes) is 1. The van der Waals surface area contributed by atoms with E-state index >= 15 is 0 Å². The Kier molecular flexibility index (Phi) is 11.4. The average molecular weight is 480 g/mol. The fourth-order valence-corrected chi connectivity index (χ4v) is 4.13. The molecule has 2 fully saturated rings. The molecule has 6 heteroatoms. The van der Waals surface area contributed by atoms with Crippen LogP contribution in [-0.2, 0) is 4.74 Å². The molecule has 0 aliphatic carbocycles. The predicted molar refractivity (Wildman–Crippen MR) is 122 cm³/mol. The van der Waals surface area contributed by atoms with Gasteiger partial charge in [0.1, 0.15) is 0 Å². The van der Waals surface area contributed by atoms with Crippen LogP contribution in [0.5, 0.6) is 0 Å². The van der Waals surface area contributed by atoms with Crippen molar-refractivity contribution in [1.29, 1.82) is 0 Å². The van der Waals surface area contributed by atoms with Gasteiger partial charge in [-0.1, -0.05) is 20.8 Å². The van der Waals surface area contributed by atoms with E-state index in [9.17, 15) is 0 Å². The monoisotopic (exact) mass is 480 g/mol. The van der Waals surface area contributed by atoms with Gasteiger partial charge in [0.25, 0.3) is 0 Å². The Morgan fingerprint density at radius 1 is 1.12 bits per heavy atom. The fraction of sp³-hybridized carbons (Fsp3) is 0.950. The standard InChI is InChI=1S/C20H40N4O.HI/c1-20(2,3)18-17(10-9-15-25-18)16-23-19(21-4)22-11-5-6-12-24-13-7-8-14-24;/h17-18H,5-16H2,1-4H3,(H2,21,22,23);1H. The van der Waals surface area contributed by atoms with Crippen LogP contribution in [0.2, 0.25) is 0 Å². The lowest BCUT2D eigenvalue weighted by Crippen LogP contribution is -2.47. The van der Waals surface area contributed by atoms with Gasteiger partial charge in [-0.05, 0) is 63.6 Å². The summed E-state index contributed by atoms with van der Waals surface area (Å²) in [5, 5.41) is 6.99. The Bertz CT molecular complexity index is 405. The normalized spacial score (nSPS) is 25.0. The Morgan fingerprint density at radius 2 is 1.85 bits per heavy atom. The molecule has 0 amide bonds. The van der Waals surface area contributed by atoms with E-state index in [-0.39, 0.29) is 29.4 Å². The van der Waals surface area contributed by atoms with Crippen molar-refractivity contribution in [3.05, 3.63) is 0 Å². The number of nitrogens with zero attached hydrogens (tertiary/aromatic N) is 2. The Labute approximate surface area is 178 Å². The minimum Gasteiger partial charge on any atom is -0.377 e. The van der Waals surface area contributed by atoms with E-state index < -0.39 is 0 Å². The molecule has 5 nitrogen and oxygen atoms in total. The molecule has 0 spiro atoms. The van der Waals surface area contributed by atoms with E-state index in [2.05, 4.69) is 41.3 Å². The van der Waals surface area contributed by atoms with Gasteiger partial charge in [-0.3, -0.25) is 4.99 Å². The van der Waals surface area contributed by atoms with Gasteiger partial charge in [0.05, 0.1) is 6.10 Å². The number of likely N-dealkylation sites (tertiary alicyclic amines) is 1. The summed E-state index contributed by atoms with van der Waals surface area (Å²) in [6.45, 7) is 13.5. The van der Waals surface area contributed by atoms with Crippen LogP contribution >= 0.6 is 24.0 Å². The molecule has 0 aromatic carbocycles. The molecule has 2 aliphatic rings. The van der Waals surface area contributed by atoms with Crippen LogP contribution < -0.4 is 10.6 Å². The highest BCUT2D eigenvalue weighted by Gasteiger charge is 2.35. The van der Waals surface area contributed by atoms with Crippen molar-refractivity contribution in [3.63, 3.8) is 0 Å². The van der Waals surface area contributed by atoms with Crippen LogP contribution in [0.4, 0.5) is 0 Å². The first-order valence-corrected chi connectivity index (χ1v) is 10.3. The van der Waals surface area contributed by atoms with Crippen molar-refractivity contribution >= 4 is 29.9 Å². The zero-order chi connectivity index (χ0) is 18.1. The third kappa shape index (κ3) is 8.30. The minimum atomic E-state index is 0. The number of aliphatic imine (C=N–C) groups is 1. The average Bonchev–Trinajstić information content (AvgIpc) is 3.10. The van der Waals surface area contributed by atoms with Crippen LogP contribution in [-0.4, -0.2) is 63.3 Å². The van der Waals surface area contributed by atoms with Gasteiger partial charge in [0.2, 0.25) is 0 Å². The smallest absolute Gasteiger partial charge is 0.190 e. The summed E-state index contributed by atoms with van der Waals surface area (Å²) >= 11 is 0. The molecule has 0 saturated carbocycles. The van der Waals surface area contributed by atoms with E-state index in [1.54, 1.807) is 0 Å². The van der Waals surface area contributed by atoms with Gasteiger partial charge in [0, 0.05) is 32.7 Å². The van der Waals surface area contributed by atoms with E-state index in [1.807, 2.05) is 7.05 Å². The maximum atomic E-state index is 6.08. The molecule has 0 aromatic rings. The van der Waals surface area contributed by atoms with Gasteiger partial charge in [-0.15, -0.1) is 24.0 Å². The van der Waals surface area contributed by atoms with Crippen LogP contribution in [0.15, 0.2) is 4.99 Å². The van der Waals surface area contributed by atoms with E-state index in [1.165, 1.54) is 58.2 Å². The highest BCUT2D eigenvalue weighted by Crippen LogP contribution is 2.33. The number of nitrogens with one attached hydrogen (secondary N) is 2. The second kappa shape index (κ2) is 12.4. The minimum absolute atomic E-state index is 0. The highest BCUT2D eigenvalue weighted by molar-refractivity contribution is 14.0. The van der Waals surface area contributed by atoms with Crippen molar-refractivity contribution in [2.45, 2.75) is 65.4 Å². The van der Waals surface area contributed by atoms with Crippen LogP contribution in [0, 0.1) is 11.3 Å². The molecule has 26 heavy (non-hydrogen) atoms. The Hall–Kier alpha value is -0.0800. The van der Waals surface area contributed by atoms with Crippen LogP contribution in [0.1, 0.15) is 59.3 Å². The highest BCUT2D eigenvalue weighted by atomic mass is 127. The quantitative estimate of drug-likeness (QED) is 0.254. The van der Waals surface area contributed by atoms with Crippen molar-refractivity contribution in [2.75, 3.05) is 46.4 Å². The topological polar surface area (TPSA) is 48.9 Å². The summed E-state index contributed by atoms with van der Waals surface area (Å²) in [6, 6.07) is 0. The lowest BCUT2D eigenvalue weighted by molar-refractivity contribution is -0.0835. The van der Waals surface area contributed by atoms with Crippen LogP contribution in [0.3, 0.4) is 0 Å². The second-order valence-corrected chi connectivity index (χ2v) is 8.70. The molecule has 2 atom stereocenters. The Balaban J connectivity index is 0.00000338. The molecular weight excluding hydrogens is 439 g/mol. The van der Waals surface area contributed by atoms with Crippen molar-refractivity contribution < 1.29 is 4.74 Å². The first kappa shape index (κ1) is 24.0. The van der Waals surface area contributed by atoms with Gasteiger partial charge in [-0.25, -0.2) is 0 Å². The number of halogens is 1. The van der Waals surface area contributed by atoms with Gasteiger partial charge in [0.15, 0.2) is 5.96 Å². The largest absolute Gasteiger partial charge is 0.377 e. The zero-order valence-corrected chi connectivity index (χ0v) is 19.7. The maximum Gasteiger partial charge on any atom is 0.190 e. The van der Waals surface area contributed by atoms with E-state index in [0.717, 1.165) is 25.7 Å². The first-order valence-electron chi connectivity index (χ1n) is 10.3. The molecule has 2 heterocycles. The van der Waals surface area contributed by atoms with Crippen LogP contribution in [0.25, 0.3) is 0 Å². The maximum absolute atomic E-state index is 6.08. The molecule has 154 valence electrons. The molecule has 0 bridgehead atoms. The summed E-state index contributed by atoms with van der Waals surface area (Å²) < 4.78 is 6.08. The zero-order valence-electron chi connectivity index (χ0n) is 17.4. The Morgan fingerprint density at radius 3 is 2.50 bits per heavy atom. The van der Waals surface area contributed by atoms with Gasteiger partial charge < -0.3 is 20.3 Å². The third-order valence-corrected chi connectivity index (χ3v) is 5.45. The first-order chi connectivity index (χ1) is 12.0. The molecule has 2 saturated heterocycles. The molecule has 0 radical (unpaired) electrons. The van der Waals surface area contributed by atoms with E-state index in [0.29, 0.717) is 12.0 Å². The SMILES string of the molecule is CN=C(NCCCCN1CCCC1)NCC1CCCOC1C(C)(C)C.I. The number of ether oxygens (including phenoxy) is 1. The summed E-state index contributed by atoms with van der Waals surface area (Å²) in [5.41, 5.74) is 0.194. The number of hydrogen-bond acceptors (Lipinski definition) is 3.